The summed E-state index contributed by atoms with van der Waals surface area (Å²) in [5.41, 5.74) is 3.81. The lowest BCUT2D eigenvalue weighted by molar-refractivity contribution is 0.260. The van der Waals surface area contributed by atoms with E-state index < -0.39 is 0 Å². The van der Waals surface area contributed by atoms with Crippen molar-refractivity contribution in [1.29, 1.82) is 0 Å². The van der Waals surface area contributed by atoms with Crippen LogP contribution in [0.25, 0.3) is 0 Å². The van der Waals surface area contributed by atoms with E-state index in [4.69, 9.17) is 9.47 Å². The highest BCUT2D eigenvalue weighted by Gasteiger charge is 2.19. The van der Waals surface area contributed by atoms with Gasteiger partial charge in [0, 0.05) is 31.4 Å². The molecule has 0 bridgehead atoms. The van der Waals surface area contributed by atoms with Crippen LogP contribution in [0.3, 0.4) is 0 Å². The fourth-order valence-electron chi connectivity index (χ4n) is 4.62. The highest BCUT2D eigenvalue weighted by atomic mass is 16.5. The van der Waals surface area contributed by atoms with Crippen LogP contribution in [0.15, 0.2) is 53.5 Å². The van der Waals surface area contributed by atoms with Gasteiger partial charge in [0.15, 0.2) is 0 Å². The Balaban J connectivity index is 0.000000211. The summed E-state index contributed by atoms with van der Waals surface area (Å²) in [7, 11) is 8.23. The number of nitrogens with one attached hydrogen (secondary N) is 1. The third-order valence-corrected chi connectivity index (χ3v) is 7.17. The predicted octanol–water partition coefficient (Wildman–Crippen LogP) is 5.53. The Kier molecular flexibility index (Phi) is 12.6. The molecule has 6 heteroatoms. The molecule has 0 aliphatic carbocycles. The van der Waals surface area contributed by atoms with Crippen LogP contribution < -0.4 is 14.8 Å². The molecule has 0 aromatic heterocycles. The minimum absolute atomic E-state index is 0.494. The van der Waals surface area contributed by atoms with Crippen molar-refractivity contribution >= 4 is 5.71 Å². The molecule has 6 nitrogen and oxygen atoms in total. The maximum Gasteiger partial charge on any atom is 0.120 e. The molecule has 2 aliphatic heterocycles. The molecule has 1 unspecified atom stereocenters. The van der Waals surface area contributed by atoms with Crippen molar-refractivity contribution in [2.24, 2.45) is 16.8 Å². The molecule has 3 atom stereocenters. The summed E-state index contributed by atoms with van der Waals surface area (Å²) >= 11 is 0. The molecule has 2 aliphatic rings. The van der Waals surface area contributed by atoms with Gasteiger partial charge in [0.05, 0.1) is 0 Å². The first-order chi connectivity index (χ1) is 18.3. The van der Waals surface area contributed by atoms with E-state index in [1.165, 1.54) is 36.1 Å². The average Bonchev–Trinajstić information content (AvgIpc) is 2.90. The second kappa shape index (κ2) is 15.9. The minimum atomic E-state index is 0.494. The molecule has 0 saturated carbocycles. The van der Waals surface area contributed by atoms with Crippen LogP contribution in [-0.4, -0.2) is 83.1 Å². The van der Waals surface area contributed by atoms with Crippen molar-refractivity contribution in [2.75, 3.05) is 67.6 Å². The Morgan fingerprint density at radius 1 is 0.816 bits per heavy atom. The normalized spacial score (nSPS) is 21.5. The zero-order valence-electron chi connectivity index (χ0n) is 24.6. The lowest BCUT2D eigenvalue weighted by Gasteiger charge is -2.28. The summed E-state index contributed by atoms with van der Waals surface area (Å²) in [6, 6.07) is 17.3. The Morgan fingerprint density at radius 3 is 2.05 bits per heavy atom. The van der Waals surface area contributed by atoms with Crippen LogP contribution in [0.5, 0.6) is 11.5 Å². The Bertz CT molecular complexity index is 983. The van der Waals surface area contributed by atoms with Gasteiger partial charge in [0.2, 0.25) is 0 Å². The number of hydrogen-bond donors (Lipinski definition) is 1. The summed E-state index contributed by atoms with van der Waals surface area (Å²) in [4.78, 5) is 8.94. The second-order valence-electron chi connectivity index (χ2n) is 11.5. The number of aliphatic imine (C=N–C) groups is 1. The Hall–Kier alpha value is -2.41. The monoisotopic (exact) mass is 522 g/mol. The van der Waals surface area contributed by atoms with E-state index in [0.29, 0.717) is 6.04 Å². The van der Waals surface area contributed by atoms with Crippen LogP contribution in [0.4, 0.5) is 0 Å². The van der Waals surface area contributed by atoms with Gasteiger partial charge in [-0.1, -0.05) is 38.1 Å². The Labute approximate surface area is 231 Å². The number of rotatable bonds is 10. The van der Waals surface area contributed by atoms with E-state index in [2.05, 4.69) is 98.5 Å². The van der Waals surface area contributed by atoms with Gasteiger partial charge in [0.25, 0.3) is 0 Å². The fourth-order valence-corrected chi connectivity index (χ4v) is 4.62. The van der Waals surface area contributed by atoms with Crippen LogP contribution in [-0.2, 0) is 0 Å². The highest BCUT2D eigenvalue weighted by Crippen LogP contribution is 2.27. The zero-order valence-corrected chi connectivity index (χ0v) is 24.6. The summed E-state index contributed by atoms with van der Waals surface area (Å²) in [6.07, 6.45) is 4.86. The molecule has 2 aromatic carbocycles. The van der Waals surface area contributed by atoms with E-state index in [1.54, 1.807) is 0 Å². The highest BCUT2D eigenvalue weighted by molar-refractivity contribution is 6.01. The van der Waals surface area contributed by atoms with Crippen molar-refractivity contribution in [1.82, 2.24) is 15.1 Å². The second-order valence-corrected chi connectivity index (χ2v) is 11.5. The van der Waals surface area contributed by atoms with Gasteiger partial charge < -0.3 is 24.6 Å². The quantitative estimate of drug-likeness (QED) is 0.444. The Morgan fingerprint density at radius 2 is 1.47 bits per heavy atom. The molecule has 0 radical (unpaired) electrons. The van der Waals surface area contributed by atoms with Gasteiger partial charge in [-0.05, 0) is 108 Å². The van der Waals surface area contributed by atoms with Crippen LogP contribution in [0, 0.1) is 11.8 Å². The molecule has 1 N–H and O–H groups in total. The fraction of sp³-hybridized carbons (Fsp3) is 0.594. The third kappa shape index (κ3) is 10.8. The standard InChI is InChI=1S/C16H26N2O.C16H24N2O/c2*1-13-7-8-16(17-12-13)14-5-4-6-15(11-14)19-10-9-18(2)3/h4-6,11,13,16-17H,7-10,12H2,1-3H3;4-6,11,13H,7-10,12H2,1-3H3/t13-,16?;13-/m00/s1. The van der Waals surface area contributed by atoms with Crippen LogP contribution in [0.1, 0.15) is 56.7 Å². The van der Waals surface area contributed by atoms with Crippen molar-refractivity contribution in [2.45, 2.75) is 45.6 Å². The van der Waals surface area contributed by atoms with Crippen molar-refractivity contribution in [3.63, 3.8) is 0 Å². The summed E-state index contributed by atoms with van der Waals surface area (Å²) in [5, 5.41) is 3.62. The third-order valence-electron chi connectivity index (χ3n) is 7.17. The van der Waals surface area contributed by atoms with Gasteiger partial charge in [-0.2, -0.15) is 0 Å². The SMILES string of the molecule is C[C@H]1CCC(c2cccc(OCCN(C)C)c2)=NC1.C[C@H]1CCC(c2cccc(OCCN(C)C)c2)NC1. The number of piperidine rings is 1. The molecular formula is C32H50N4O2. The molecule has 1 fully saturated rings. The van der Waals surface area contributed by atoms with Crippen molar-refractivity contribution in [3.8, 4) is 11.5 Å². The topological polar surface area (TPSA) is 49.3 Å². The van der Waals surface area contributed by atoms with E-state index in [0.717, 1.165) is 69.1 Å². The molecule has 0 spiro atoms. The smallest absolute Gasteiger partial charge is 0.120 e. The largest absolute Gasteiger partial charge is 0.492 e. The van der Waals surface area contributed by atoms with E-state index >= 15 is 0 Å². The summed E-state index contributed by atoms with van der Waals surface area (Å²) < 4.78 is 11.6. The van der Waals surface area contributed by atoms with Crippen LogP contribution >= 0.6 is 0 Å². The number of nitrogens with zero attached hydrogens (tertiary/aromatic N) is 3. The van der Waals surface area contributed by atoms with E-state index in [1.807, 2.05) is 12.1 Å². The van der Waals surface area contributed by atoms with Crippen LogP contribution in [0.2, 0.25) is 0 Å². The van der Waals surface area contributed by atoms with E-state index in [-0.39, 0.29) is 0 Å². The molecule has 0 amide bonds. The number of hydrogen-bond acceptors (Lipinski definition) is 6. The molecule has 210 valence electrons. The molecule has 38 heavy (non-hydrogen) atoms. The minimum Gasteiger partial charge on any atom is -0.492 e. The van der Waals surface area contributed by atoms with Gasteiger partial charge in [-0.15, -0.1) is 0 Å². The first kappa shape index (κ1) is 30.1. The van der Waals surface area contributed by atoms with Gasteiger partial charge >= 0.3 is 0 Å². The summed E-state index contributed by atoms with van der Waals surface area (Å²) in [6.45, 7) is 10.0. The number of benzene rings is 2. The predicted molar refractivity (Wildman–Crippen MR) is 160 cm³/mol. The first-order valence-electron chi connectivity index (χ1n) is 14.3. The molecule has 2 aromatic rings. The lowest BCUT2D eigenvalue weighted by atomic mass is 9.92. The van der Waals surface area contributed by atoms with E-state index in [9.17, 15) is 0 Å². The zero-order chi connectivity index (χ0) is 27.3. The van der Waals surface area contributed by atoms with Crippen molar-refractivity contribution < 1.29 is 9.47 Å². The van der Waals surface area contributed by atoms with Gasteiger partial charge in [-0.3, -0.25) is 4.99 Å². The molecule has 1 saturated heterocycles. The average molecular weight is 523 g/mol. The lowest BCUT2D eigenvalue weighted by Crippen LogP contribution is -2.31. The number of ether oxygens (including phenoxy) is 2. The van der Waals surface area contributed by atoms with Gasteiger partial charge in [0.1, 0.15) is 24.7 Å². The summed E-state index contributed by atoms with van der Waals surface area (Å²) in [5.74, 6) is 3.46. The van der Waals surface area contributed by atoms with Crippen molar-refractivity contribution in [3.05, 3.63) is 59.7 Å². The maximum absolute atomic E-state index is 5.80. The number of likely N-dealkylation sites (N-methyl/N-ethyl adjacent to an activating group) is 2. The van der Waals surface area contributed by atoms with Gasteiger partial charge in [-0.25, -0.2) is 0 Å². The molecule has 4 rings (SSSR count). The first-order valence-corrected chi connectivity index (χ1v) is 14.3. The maximum atomic E-state index is 5.80. The molecule has 2 heterocycles. The molecular weight excluding hydrogens is 472 g/mol.